The molecule has 0 fully saturated rings. The second-order valence-electron chi connectivity index (χ2n) is 4.05. The van der Waals surface area contributed by atoms with Crippen LogP contribution < -0.4 is 5.32 Å². The lowest BCUT2D eigenvalue weighted by Gasteiger charge is -2.15. The Balaban J connectivity index is 2.70. The summed E-state index contributed by atoms with van der Waals surface area (Å²) in [5, 5.41) is 20.9. The standard InChI is InChI=1S/C13H15BrN2O2/c1-2-9(5-13(17)18)8-16-12-6-11(14)4-3-10(12)7-15/h3-4,6,9,16H,2,5,8H2,1H3,(H,17,18). The van der Waals surface area contributed by atoms with Crippen molar-refractivity contribution in [2.45, 2.75) is 19.8 Å². The van der Waals surface area contributed by atoms with Crippen molar-refractivity contribution < 1.29 is 9.90 Å². The highest BCUT2D eigenvalue weighted by molar-refractivity contribution is 9.10. The third-order valence-corrected chi connectivity index (χ3v) is 3.22. The number of carboxylic acids is 1. The summed E-state index contributed by atoms with van der Waals surface area (Å²) in [5.74, 6) is -0.730. The molecule has 0 bridgehead atoms. The first-order valence-corrected chi connectivity index (χ1v) is 6.51. The molecule has 18 heavy (non-hydrogen) atoms. The Labute approximate surface area is 115 Å². The van der Waals surface area contributed by atoms with E-state index in [1.807, 2.05) is 13.0 Å². The number of hydrogen-bond donors (Lipinski definition) is 2. The molecule has 0 spiro atoms. The lowest BCUT2D eigenvalue weighted by Crippen LogP contribution is -2.17. The van der Waals surface area contributed by atoms with Crippen molar-refractivity contribution >= 4 is 27.6 Å². The van der Waals surface area contributed by atoms with Crippen molar-refractivity contribution in [1.82, 2.24) is 0 Å². The number of rotatable bonds is 6. The van der Waals surface area contributed by atoms with E-state index in [0.717, 1.165) is 16.6 Å². The maximum atomic E-state index is 10.7. The van der Waals surface area contributed by atoms with Crippen LogP contribution in [0.5, 0.6) is 0 Å². The molecule has 0 aromatic heterocycles. The van der Waals surface area contributed by atoms with Gasteiger partial charge in [0.05, 0.1) is 11.3 Å². The van der Waals surface area contributed by atoms with Gasteiger partial charge < -0.3 is 10.4 Å². The molecule has 1 rings (SSSR count). The summed E-state index contributed by atoms with van der Waals surface area (Å²) in [6, 6.07) is 7.46. The van der Waals surface area contributed by atoms with E-state index in [1.165, 1.54) is 0 Å². The van der Waals surface area contributed by atoms with Gasteiger partial charge in [-0.2, -0.15) is 5.26 Å². The Morgan fingerprint density at radius 3 is 2.89 bits per heavy atom. The van der Waals surface area contributed by atoms with Crippen LogP contribution >= 0.6 is 15.9 Å². The van der Waals surface area contributed by atoms with Crippen LogP contribution in [0, 0.1) is 17.2 Å². The molecular weight excluding hydrogens is 296 g/mol. The highest BCUT2D eigenvalue weighted by Crippen LogP contribution is 2.21. The van der Waals surface area contributed by atoms with Gasteiger partial charge in [0.15, 0.2) is 0 Å². The summed E-state index contributed by atoms with van der Waals surface area (Å²) in [7, 11) is 0. The minimum atomic E-state index is -0.793. The van der Waals surface area contributed by atoms with Gasteiger partial charge in [0.1, 0.15) is 6.07 Å². The molecule has 5 heteroatoms. The van der Waals surface area contributed by atoms with Crippen LogP contribution in [0.1, 0.15) is 25.3 Å². The molecule has 1 unspecified atom stereocenters. The highest BCUT2D eigenvalue weighted by Gasteiger charge is 2.12. The molecule has 0 saturated carbocycles. The molecule has 96 valence electrons. The third kappa shape index (κ3) is 4.38. The van der Waals surface area contributed by atoms with Crippen molar-refractivity contribution in [2.75, 3.05) is 11.9 Å². The van der Waals surface area contributed by atoms with Crippen LogP contribution in [0.15, 0.2) is 22.7 Å². The molecular formula is C13H15BrN2O2. The number of benzene rings is 1. The summed E-state index contributed by atoms with van der Waals surface area (Å²) in [4.78, 5) is 10.7. The maximum Gasteiger partial charge on any atom is 0.303 e. The predicted molar refractivity (Wildman–Crippen MR) is 73.4 cm³/mol. The first kappa shape index (κ1) is 14.5. The van der Waals surface area contributed by atoms with Crippen molar-refractivity contribution in [3.8, 4) is 6.07 Å². The van der Waals surface area contributed by atoms with E-state index in [1.54, 1.807) is 12.1 Å². The zero-order chi connectivity index (χ0) is 13.5. The molecule has 1 aromatic rings. The molecule has 0 radical (unpaired) electrons. The van der Waals surface area contributed by atoms with E-state index in [9.17, 15) is 4.79 Å². The van der Waals surface area contributed by atoms with Crippen molar-refractivity contribution in [2.24, 2.45) is 5.92 Å². The zero-order valence-corrected chi connectivity index (χ0v) is 11.7. The Kier molecular flexibility index (Phi) is 5.66. The first-order chi connectivity index (χ1) is 8.56. The van der Waals surface area contributed by atoms with E-state index < -0.39 is 5.97 Å². The number of anilines is 1. The second kappa shape index (κ2) is 7.02. The van der Waals surface area contributed by atoms with Gasteiger partial charge in [-0.25, -0.2) is 0 Å². The van der Waals surface area contributed by atoms with Gasteiger partial charge in [0.2, 0.25) is 0 Å². The van der Waals surface area contributed by atoms with Crippen molar-refractivity contribution in [1.29, 1.82) is 5.26 Å². The Morgan fingerprint density at radius 2 is 2.33 bits per heavy atom. The summed E-state index contributed by atoms with van der Waals surface area (Å²) in [5.41, 5.74) is 1.29. The van der Waals surface area contributed by atoms with Crippen molar-refractivity contribution in [3.63, 3.8) is 0 Å². The molecule has 1 atom stereocenters. The Bertz CT molecular complexity index is 469. The van der Waals surface area contributed by atoms with Crippen LogP contribution in [0.3, 0.4) is 0 Å². The minimum Gasteiger partial charge on any atom is -0.481 e. The summed E-state index contributed by atoms with van der Waals surface area (Å²) < 4.78 is 0.885. The van der Waals surface area contributed by atoms with E-state index in [4.69, 9.17) is 10.4 Å². The quantitative estimate of drug-likeness (QED) is 0.846. The molecule has 0 aliphatic heterocycles. The predicted octanol–water partition coefficient (Wildman–Crippen LogP) is 3.23. The molecule has 4 nitrogen and oxygen atoms in total. The van der Waals surface area contributed by atoms with Crippen LogP contribution in [-0.4, -0.2) is 17.6 Å². The lowest BCUT2D eigenvalue weighted by atomic mass is 10.0. The fourth-order valence-electron chi connectivity index (χ4n) is 1.62. The lowest BCUT2D eigenvalue weighted by molar-refractivity contribution is -0.138. The fraction of sp³-hybridized carbons (Fsp3) is 0.385. The van der Waals surface area contributed by atoms with Crippen LogP contribution in [0.2, 0.25) is 0 Å². The van der Waals surface area contributed by atoms with Gasteiger partial charge in [0, 0.05) is 17.4 Å². The first-order valence-electron chi connectivity index (χ1n) is 5.72. The van der Waals surface area contributed by atoms with E-state index in [2.05, 4.69) is 27.3 Å². The minimum absolute atomic E-state index is 0.0630. The number of halogens is 1. The number of aliphatic carboxylic acids is 1. The molecule has 0 aliphatic rings. The number of carboxylic acid groups (broad SMARTS) is 1. The van der Waals surface area contributed by atoms with Crippen molar-refractivity contribution in [3.05, 3.63) is 28.2 Å². The number of nitriles is 1. The number of nitrogens with one attached hydrogen (secondary N) is 1. The molecule has 0 heterocycles. The average Bonchev–Trinajstić information content (AvgIpc) is 2.34. The summed E-state index contributed by atoms with van der Waals surface area (Å²) >= 11 is 3.35. The van der Waals surface area contributed by atoms with Gasteiger partial charge in [-0.1, -0.05) is 29.3 Å². The fourth-order valence-corrected chi connectivity index (χ4v) is 1.98. The van der Waals surface area contributed by atoms with Crippen LogP contribution in [-0.2, 0) is 4.79 Å². The van der Waals surface area contributed by atoms with Gasteiger partial charge in [-0.05, 0) is 24.1 Å². The van der Waals surface area contributed by atoms with Gasteiger partial charge >= 0.3 is 5.97 Å². The zero-order valence-electron chi connectivity index (χ0n) is 10.1. The summed E-state index contributed by atoms with van der Waals surface area (Å²) in [6.45, 7) is 2.51. The van der Waals surface area contributed by atoms with E-state index in [-0.39, 0.29) is 12.3 Å². The van der Waals surface area contributed by atoms with Crippen LogP contribution in [0.4, 0.5) is 5.69 Å². The maximum absolute atomic E-state index is 10.7. The smallest absolute Gasteiger partial charge is 0.303 e. The van der Waals surface area contributed by atoms with Crippen LogP contribution in [0.25, 0.3) is 0 Å². The molecule has 2 N–H and O–H groups in total. The molecule has 0 saturated heterocycles. The second-order valence-corrected chi connectivity index (χ2v) is 4.97. The highest BCUT2D eigenvalue weighted by atomic mass is 79.9. The number of hydrogen-bond acceptors (Lipinski definition) is 3. The monoisotopic (exact) mass is 310 g/mol. The normalized spacial score (nSPS) is 11.6. The van der Waals surface area contributed by atoms with E-state index >= 15 is 0 Å². The topological polar surface area (TPSA) is 73.1 Å². The van der Waals surface area contributed by atoms with Gasteiger partial charge in [-0.15, -0.1) is 0 Å². The Hall–Kier alpha value is -1.54. The third-order valence-electron chi connectivity index (χ3n) is 2.72. The summed E-state index contributed by atoms with van der Waals surface area (Å²) in [6.07, 6.45) is 0.925. The molecule has 0 amide bonds. The van der Waals surface area contributed by atoms with E-state index in [0.29, 0.717) is 12.1 Å². The number of nitrogens with zero attached hydrogens (tertiary/aromatic N) is 1. The van der Waals surface area contributed by atoms with Gasteiger partial charge in [0.25, 0.3) is 0 Å². The molecule has 1 aromatic carbocycles. The number of carbonyl (C=O) groups is 1. The van der Waals surface area contributed by atoms with Gasteiger partial charge in [-0.3, -0.25) is 4.79 Å². The molecule has 0 aliphatic carbocycles. The Morgan fingerprint density at radius 1 is 1.61 bits per heavy atom. The largest absolute Gasteiger partial charge is 0.481 e. The SMILES string of the molecule is CCC(CNc1cc(Br)ccc1C#N)CC(=O)O. The average molecular weight is 311 g/mol.